The third-order valence-electron chi connectivity index (χ3n) is 3.12. The predicted octanol–water partition coefficient (Wildman–Crippen LogP) is 3.41. The zero-order valence-corrected chi connectivity index (χ0v) is 12.8. The second-order valence-corrected chi connectivity index (χ2v) is 4.98. The molecule has 0 aliphatic carbocycles. The van der Waals surface area contributed by atoms with Crippen LogP contribution in [0.5, 0.6) is 5.75 Å². The van der Waals surface area contributed by atoms with E-state index >= 15 is 0 Å². The lowest BCUT2D eigenvalue weighted by molar-refractivity contribution is -0.114. The molecule has 0 atom stereocenters. The van der Waals surface area contributed by atoms with E-state index in [9.17, 15) is 9.18 Å². The van der Waals surface area contributed by atoms with Crippen molar-refractivity contribution in [2.24, 2.45) is 0 Å². The van der Waals surface area contributed by atoms with Crippen LogP contribution in [0.25, 0.3) is 11.4 Å². The second-order valence-electron chi connectivity index (χ2n) is 4.98. The Morgan fingerprint density at radius 2 is 1.96 bits per heavy atom. The van der Waals surface area contributed by atoms with Gasteiger partial charge in [-0.3, -0.25) is 4.79 Å². The summed E-state index contributed by atoms with van der Waals surface area (Å²) in [5.41, 5.74) is 1.20. The van der Waals surface area contributed by atoms with Gasteiger partial charge in [-0.1, -0.05) is 17.3 Å². The highest BCUT2D eigenvalue weighted by Gasteiger charge is 2.11. The van der Waals surface area contributed by atoms with Gasteiger partial charge in [0.2, 0.25) is 11.7 Å². The molecular formula is C17H14FN3O3. The van der Waals surface area contributed by atoms with Crippen LogP contribution in [0.4, 0.5) is 10.1 Å². The number of amides is 1. The van der Waals surface area contributed by atoms with E-state index < -0.39 is 0 Å². The van der Waals surface area contributed by atoms with Crippen LogP contribution in [0.3, 0.4) is 0 Å². The minimum Gasteiger partial charge on any atom is -0.482 e. The second kappa shape index (κ2) is 6.91. The van der Waals surface area contributed by atoms with Gasteiger partial charge in [0.25, 0.3) is 5.89 Å². The molecule has 3 aromatic rings. The molecule has 7 heteroatoms. The van der Waals surface area contributed by atoms with E-state index in [2.05, 4.69) is 15.5 Å². The van der Waals surface area contributed by atoms with E-state index in [-0.39, 0.29) is 24.2 Å². The van der Waals surface area contributed by atoms with Gasteiger partial charge in [-0.05, 0) is 36.4 Å². The van der Waals surface area contributed by atoms with Gasteiger partial charge in [0.05, 0.1) is 5.69 Å². The minimum atomic E-state index is -0.333. The quantitative estimate of drug-likeness (QED) is 0.777. The Morgan fingerprint density at radius 1 is 1.21 bits per heavy atom. The van der Waals surface area contributed by atoms with Crippen molar-refractivity contribution < 1.29 is 18.4 Å². The number of para-hydroxylation sites is 2. The van der Waals surface area contributed by atoms with Crippen molar-refractivity contribution in [1.82, 2.24) is 10.1 Å². The first-order valence-corrected chi connectivity index (χ1v) is 7.20. The number of carbonyl (C=O) groups excluding carboxylic acids is 1. The lowest BCUT2D eigenvalue weighted by Crippen LogP contribution is -2.07. The maximum atomic E-state index is 12.9. The number of aromatic nitrogens is 2. The Hall–Kier alpha value is -3.22. The average Bonchev–Trinajstić information content (AvgIpc) is 3.03. The summed E-state index contributed by atoms with van der Waals surface area (Å²) in [6.45, 7) is 1.47. The van der Waals surface area contributed by atoms with E-state index in [1.807, 2.05) is 0 Å². The summed E-state index contributed by atoms with van der Waals surface area (Å²) in [5, 5.41) is 6.52. The third kappa shape index (κ3) is 3.75. The first kappa shape index (κ1) is 15.7. The summed E-state index contributed by atoms with van der Waals surface area (Å²) < 4.78 is 23.7. The number of rotatable bonds is 5. The summed E-state index contributed by atoms with van der Waals surface area (Å²) in [5.74, 6) is 0.591. The van der Waals surface area contributed by atoms with E-state index in [1.165, 1.54) is 19.1 Å². The minimum absolute atomic E-state index is 0.0464. The fraction of sp³-hybridized carbons (Fsp3) is 0.118. The van der Waals surface area contributed by atoms with Crippen LogP contribution in [0, 0.1) is 5.82 Å². The van der Waals surface area contributed by atoms with E-state index in [1.54, 1.807) is 36.4 Å². The molecule has 0 fully saturated rings. The van der Waals surface area contributed by atoms with Crippen LogP contribution in [0.15, 0.2) is 53.1 Å². The molecule has 1 amide bonds. The molecule has 0 aliphatic heterocycles. The molecule has 1 heterocycles. The zero-order valence-electron chi connectivity index (χ0n) is 12.8. The normalized spacial score (nSPS) is 10.4. The maximum Gasteiger partial charge on any atom is 0.264 e. The number of anilines is 1. The topological polar surface area (TPSA) is 77.2 Å². The van der Waals surface area contributed by atoms with Crippen molar-refractivity contribution in [3.8, 4) is 17.1 Å². The molecule has 3 rings (SSSR count). The first-order chi connectivity index (χ1) is 11.6. The molecule has 0 aliphatic rings. The van der Waals surface area contributed by atoms with Crippen LogP contribution >= 0.6 is 0 Å². The van der Waals surface area contributed by atoms with Gasteiger partial charge >= 0.3 is 0 Å². The average molecular weight is 327 g/mol. The molecular weight excluding hydrogens is 313 g/mol. The number of nitrogens with zero attached hydrogens (tertiary/aromatic N) is 2. The Bertz CT molecular complexity index is 846. The Balaban J connectivity index is 1.70. The van der Waals surface area contributed by atoms with E-state index in [0.29, 0.717) is 22.8 Å². The molecule has 24 heavy (non-hydrogen) atoms. The van der Waals surface area contributed by atoms with Gasteiger partial charge in [0, 0.05) is 12.5 Å². The molecule has 1 N–H and O–H groups in total. The highest BCUT2D eigenvalue weighted by atomic mass is 19.1. The standard InChI is InChI=1S/C17H14FN3O3/c1-11(22)19-14-4-2-3-5-15(14)23-10-16-20-17(21-24-16)12-6-8-13(18)9-7-12/h2-9H,10H2,1H3,(H,19,22). The molecule has 0 saturated heterocycles. The van der Waals surface area contributed by atoms with Crippen molar-refractivity contribution in [2.75, 3.05) is 5.32 Å². The van der Waals surface area contributed by atoms with Gasteiger partial charge in [-0.2, -0.15) is 4.98 Å². The van der Waals surface area contributed by atoms with E-state index in [0.717, 1.165) is 0 Å². The molecule has 1 aromatic heterocycles. The van der Waals surface area contributed by atoms with Gasteiger partial charge in [-0.15, -0.1) is 0 Å². The smallest absolute Gasteiger partial charge is 0.264 e. The Labute approximate surface area is 137 Å². The summed E-state index contributed by atoms with van der Waals surface area (Å²) >= 11 is 0. The molecule has 0 spiro atoms. The van der Waals surface area contributed by atoms with Crippen LogP contribution in [0.1, 0.15) is 12.8 Å². The van der Waals surface area contributed by atoms with Crippen molar-refractivity contribution in [2.45, 2.75) is 13.5 Å². The van der Waals surface area contributed by atoms with Gasteiger partial charge < -0.3 is 14.6 Å². The summed E-state index contributed by atoms with van der Waals surface area (Å²) in [4.78, 5) is 15.4. The van der Waals surface area contributed by atoms with Crippen molar-refractivity contribution in [3.63, 3.8) is 0 Å². The van der Waals surface area contributed by atoms with Gasteiger partial charge in [0.15, 0.2) is 6.61 Å². The maximum absolute atomic E-state index is 12.9. The monoisotopic (exact) mass is 327 g/mol. The number of hydrogen-bond donors (Lipinski definition) is 1. The number of ether oxygens (including phenoxy) is 1. The number of halogens is 1. The zero-order chi connectivity index (χ0) is 16.9. The molecule has 122 valence electrons. The van der Waals surface area contributed by atoms with Crippen molar-refractivity contribution >= 4 is 11.6 Å². The summed E-state index contributed by atoms with van der Waals surface area (Å²) in [6.07, 6.45) is 0. The van der Waals surface area contributed by atoms with Crippen LogP contribution < -0.4 is 10.1 Å². The Morgan fingerprint density at radius 3 is 2.71 bits per heavy atom. The van der Waals surface area contributed by atoms with Crippen molar-refractivity contribution in [3.05, 3.63) is 60.2 Å². The lowest BCUT2D eigenvalue weighted by atomic mass is 10.2. The predicted molar refractivity (Wildman–Crippen MR) is 84.8 cm³/mol. The number of carbonyl (C=O) groups is 1. The number of hydrogen-bond acceptors (Lipinski definition) is 5. The largest absolute Gasteiger partial charge is 0.482 e. The summed E-state index contributed by atoms with van der Waals surface area (Å²) in [7, 11) is 0. The van der Waals surface area contributed by atoms with Gasteiger partial charge in [0.1, 0.15) is 11.6 Å². The molecule has 0 unspecified atom stereocenters. The van der Waals surface area contributed by atoms with Crippen LogP contribution in [-0.4, -0.2) is 16.0 Å². The lowest BCUT2D eigenvalue weighted by Gasteiger charge is -2.09. The number of nitrogens with one attached hydrogen (secondary N) is 1. The number of benzene rings is 2. The molecule has 2 aromatic carbocycles. The molecule has 6 nitrogen and oxygen atoms in total. The molecule has 0 radical (unpaired) electrons. The molecule has 0 bridgehead atoms. The molecule has 0 saturated carbocycles. The summed E-state index contributed by atoms with van der Waals surface area (Å²) in [6, 6.07) is 12.8. The highest BCUT2D eigenvalue weighted by Crippen LogP contribution is 2.25. The fourth-order valence-corrected chi connectivity index (χ4v) is 2.05. The first-order valence-electron chi connectivity index (χ1n) is 7.20. The van der Waals surface area contributed by atoms with Crippen LogP contribution in [0.2, 0.25) is 0 Å². The Kier molecular flexibility index (Phi) is 4.51. The van der Waals surface area contributed by atoms with Crippen molar-refractivity contribution in [1.29, 1.82) is 0 Å². The third-order valence-corrected chi connectivity index (χ3v) is 3.12. The SMILES string of the molecule is CC(=O)Nc1ccccc1OCc1nc(-c2ccc(F)cc2)no1. The van der Waals surface area contributed by atoms with Crippen LogP contribution in [-0.2, 0) is 11.4 Å². The van der Waals surface area contributed by atoms with E-state index in [4.69, 9.17) is 9.26 Å². The van der Waals surface area contributed by atoms with Gasteiger partial charge in [-0.25, -0.2) is 4.39 Å². The highest BCUT2D eigenvalue weighted by molar-refractivity contribution is 5.90. The fourth-order valence-electron chi connectivity index (χ4n) is 2.05.